The third-order valence-corrected chi connectivity index (χ3v) is 2.11. The number of aliphatic carboxylic acids is 1. The molecular weight excluding hydrogens is 154 g/mol. The van der Waals surface area contributed by atoms with Crippen molar-refractivity contribution in [3.05, 3.63) is 0 Å². The van der Waals surface area contributed by atoms with Crippen LogP contribution in [0.1, 0.15) is 39.0 Å². The van der Waals surface area contributed by atoms with Gasteiger partial charge in [-0.2, -0.15) is 0 Å². The number of hydrogen-bond acceptors (Lipinski definition) is 2. The summed E-state index contributed by atoms with van der Waals surface area (Å²) in [4.78, 5) is 9.37. The number of carboxylic acid groups (broad SMARTS) is 1. The van der Waals surface area contributed by atoms with E-state index in [9.17, 15) is 4.79 Å². The van der Waals surface area contributed by atoms with Gasteiger partial charge in [0.1, 0.15) is 0 Å². The molecule has 0 aromatic carbocycles. The Labute approximate surface area is 74.0 Å². The Hall–Kier alpha value is -0.570. The second-order valence-corrected chi connectivity index (χ2v) is 3.13. The van der Waals surface area contributed by atoms with Crippen molar-refractivity contribution in [3.63, 3.8) is 0 Å². The number of carboxylic acids is 1. The molecule has 0 unspecified atom stereocenters. The van der Waals surface area contributed by atoms with Gasteiger partial charge >= 0.3 is 5.97 Å². The molecular formula is C9H19NO2. The van der Waals surface area contributed by atoms with Crippen LogP contribution in [0.25, 0.3) is 0 Å². The number of nitrogens with two attached hydrogens (primary N) is 1. The van der Waals surface area contributed by atoms with Gasteiger partial charge in [-0.1, -0.05) is 19.8 Å². The van der Waals surface area contributed by atoms with Crippen LogP contribution in [0, 0.1) is 5.92 Å². The fourth-order valence-electron chi connectivity index (χ4n) is 1.25. The van der Waals surface area contributed by atoms with Gasteiger partial charge in [-0.05, 0) is 25.3 Å². The first-order valence-electron chi connectivity index (χ1n) is 4.62. The lowest BCUT2D eigenvalue weighted by atomic mass is 10.1. The fourth-order valence-corrected chi connectivity index (χ4v) is 1.25. The van der Waals surface area contributed by atoms with Gasteiger partial charge in [0.2, 0.25) is 0 Å². The first-order valence-corrected chi connectivity index (χ1v) is 4.62. The maximum Gasteiger partial charge on any atom is 0.303 e. The average molecular weight is 173 g/mol. The van der Waals surface area contributed by atoms with Crippen molar-refractivity contribution in [2.24, 2.45) is 11.7 Å². The highest BCUT2D eigenvalue weighted by Gasteiger charge is 2.11. The molecule has 0 atom stereocenters. The summed E-state index contributed by atoms with van der Waals surface area (Å²) in [5.41, 5.74) is 5.43. The second-order valence-electron chi connectivity index (χ2n) is 3.13. The van der Waals surface area contributed by atoms with Crippen LogP contribution in [-0.2, 0) is 4.79 Å². The lowest BCUT2D eigenvalue weighted by molar-refractivity contribution is -0.136. The Kier molecular flexibility index (Phi) is 6.76. The maximum atomic E-state index is 9.37. The molecule has 0 amide bonds. The standard InChI is InChI=1S/C6H13N.C3H6O2/c7-5-6-3-1-2-4-6;1-2-3(4)5/h6H,1-5,7H2;2H2,1H3,(H,4,5). The summed E-state index contributed by atoms with van der Waals surface area (Å²) in [6.45, 7) is 2.52. The van der Waals surface area contributed by atoms with Crippen molar-refractivity contribution in [2.75, 3.05) is 6.54 Å². The highest BCUT2D eigenvalue weighted by atomic mass is 16.4. The summed E-state index contributed by atoms with van der Waals surface area (Å²) >= 11 is 0. The van der Waals surface area contributed by atoms with Crippen LogP contribution < -0.4 is 5.73 Å². The van der Waals surface area contributed by atoms with Gasteiger partial charge in [-0.15, -0.1) is 0 Å². The Bertz CT molecular complexity index is 120. The zero-order valence-corrected chi connectivity index (χ0v) is 7.75. The number of carbonyl (C=O) groups is 1. The molecule has 1 fully saturated rings. The van der Waals surface area contributed by atoms with Crippen LogP contribution in [-0.4, -0.2) is 17.6 Å². The molecule has 3 heteroatoms. The fraction of sp³-hybridized carbons (Fsp3) is 0.889. The highest BCUT2D eigenvalue weighted by Crippen LogP contribution is 2.22. The molecule has 3 nitrogen and oxygen atoms in total. The van der Waals surface area contributed by atoms with Crippen molar-refractivity contribution in [2.45, 2.75) is 39.0 Å². The van der Waals surface area contributed by atoms with E-state index in [0.717, 1.165) is 12.5 Å². The molecule has 0 radical (unpaired) electrons. The van der Waals surface area contributed by atoms with Crippen molar-refractivity contribution in [1.82, 2.24) is 0 Å². The molecule has 0 saturated heterocycles. The van der Waals surface area contributed by atoms with Crippen LogP contribution in [0.4, 0.5) is 0 Å². The van der Waals surface area contributed by atoms with E-state index in [0.29, 0.717) is 0 Å². The van der Waals surface area contributed by atoms with Crippen LogP contribution in [0.15, 0.2) is 0 Å². The monoisotopic (exact) mass is 173 g/mol. The summed E-state index contributed by atoms with van der Waals surface area (Å²) in [6.07, 6.45) is 5.83. The molecule has 0 aromatic heterocycles. The molecule has 1 saturated carbocycles. The smallest absolute Gasteiger partial charge is 0.303 e. The number of rotatable bonds is 2. The molecule has 0 bridgehead atoms. The average Bonchev–Trinajstić information content (AvgIpc) is 2.57. The highest BCUT2D eigenvalue weighted by molar-refractivity contribution is 5.66. The Morgan fingerprint density at radius 2 is 1.92 bits per heavy atom. The minimum absolute atomic E-state index is 0.222. The topological polar surface area (TPSA) is 63.3 Å². The first-order chi connectivity index (χ1) is 5.70. The van der Waals surface area contributed by atoms with Gasteiger partial charge in [-0.3, -0.25) is 4.79 Å². The van der Waals surface area contributed by atoms with E-state index in [-0.39, 0.29) is 6.42 Å². The molecule has 72 valence electrons. The first kappa shape index (κ1) is 11.4. The lowest BCUT2D eigenvalue weighted by Crippen LogP contribution is -2.09. The Morgan fingerprint density at radius 1 is 1.50 bits per heavy atom. The van der Waals surface area contributed by atoms with E-state index in [2.05, 4.69) is 0 Å². The van der Waals surface area contributed by atoms with Gasteiger partial charge in [0.25, 0.3) is 0 Å². The summed E-state index contributed by atoms with van der Waals surface area (Å²) in [6, 6.07) is 0. The molecule has 1 rings (SSSR count). The molecule has 0 aliphatic heterocycles. The van der Waals surface area contributed by atoms with Gasteiger partial charge in [0.05, 0.1) is 0 Å². The Morgan fingerprint density at radius 3 is 2.08 bits per heavy atom. The van der Waals surface area contributed by atoms with E-state index in [4.69, 9.17) is 10.8 Å². The van der Waals surface area contributed by atoms with Crippen molar-refractivity contribution >= 4 is 5.97 Å². The largest absolute Gasteiger partial charge is 0.481 e. The van der Waals surface area contributed by atoms with E-state index < -0.39 is 5.97 Å². The minimum Gasteiger partial charge on any atom is -0.481 e. The van der Waals surface area contributed by atoms with Crippen LogP contribution in [0.5, 0.6) is 0 Å². The van der Waals surface area contributed by atoms with Gasteiger partial charge in [-0.25, -0.2) is 0 Å². The van der Waals surface area contributed by atoms with Crippen molar-refractivity contribution in [3.8, 4) is 0 Å². The molecule has 1 aliphatic carbocycles. The molecule has 0 aromatic rings. The van der Waals surface area contributed by atoms with Gasteiger partial charge in [0.15, 0.2) is 0 Å². The predicted octanol–water partition coefficient (Wildman–Crippen LogP) is 1.62. The quantitative estimate of drug-likeness (QED) is 0.667. The summed E-state index contributed by atoms with van der Waals surface area (Å²) in [7, 11) is 0. The van der Waals surface area contributed by atoms with E-state index in [1.807, 2.05) is 0 Å². The molecule has 3 N–H and O–H groups in total. The van der Waals surface area contributed by atoms with Crippen LogP contribution in [0.3, 0.4) is 0 Å². The van der Waals surface area contributed by atoms with Gasteiger partial charge in [0, 0.05) is 6.42 Å². The zero-order chi connectivity index (χ0) is 9.40. The third kappa shape index (κ3) is 6.16. The Balaban J connectivity index is 0.000000217. The maximum absolute atomic E-state index is 9.37. The van der Waals surface area contributed by atoms with E-state index >= 15 is 0 Å². The molecule has 1 aliphatic rings. The second kappa shape index (κ2) is 7.10. The minimum atomic E-state index is -0.745. The number of hydrogen-bond donors (Lipinski definition) is 2. The van der Waals surface area contributed by atoms with Crippen molar-refractivity contribution in [1.29, 1.82) is 0 Å². The molecule has 0 spiro atoms. The lowest BCUT2D eigenvalue weighted by Gasteiger charge is -1.99. The van der Waals surface area contributed by atoms with E-state index in [1.54, 1.807) is 6.92 Å². The van der Waals surface area contributed by atoms with Crippen LogP contribution >= 0.6 is 0 Å². The summed E-state index contributed by atoms with van der Waals surface area (Å²) < 4.78 is 0. The van der Waals surface area contributed by atoms with Gasteiger partial charge < -0.3 is 10.8 Å². The predicted molar refractivity (Wildman–Crippen MR) is 48.9 cm³/mol. The molecule has 12 heavy (non-hydrogen) atoms. The SMILES string of the molecule is CCC(=O)O.NCC1CCCC1. The third-order valence-electron chi connectivity index (χ3n) is 2.11. The van der Waals surface area contributed by atoms with Crippen molar-refractivity contribution < 1.29 is 9.90 Å². The normalized spacial score (nSPS) is 16.8. The summed E-state index contributed by atoms with van der Waals surface area (Å²) in [5, 5.41) is 7.72. The molecule has 0 heterocycles. The summed E-state index contributed by atoms with van der Waals surface area (Å²) in [5.74, 6) is 0.130. The zero-order valence-electron chi connectivity index (χ0n) is 7.75. The van der Waals surface area contributed by atoms with E-state index in [1.165, 1.54) is 25.7 Å². The van der Waals surface area contributed by atoms with Crippen LogP contribution in [0.2, 0.25) is 0 Å².